The summed E-state index contributed by atoms with van der Waals surface area (Å²) in [4.78, 5) is 3.47. The molecule has 0 aliphatic rings. The van der Waals surface area contributed by atoms with Crippen LogP contribution < -0.4 is 0 Å². The van der Waals surface area contributed by atoms with E-state index >= 15 is 0 Å². The fraction of sp³-hybridized carbons (Fsp3) is 0.250. The maximum atomic E-state index is 12.3. The van der Waals surface area contributed by atoms with Gasteiger partial charge in [-0.1, -0.05) is 0 Å². The second-order valence-corrected chi connectivity index (χ2v) is 2.31. The van der Waals surface area contributed by atoms with Gasteiger partial charge in [-0.2, -0.15) is 5.26 Å². The fourth-order valence-electron chi connectivity index (χ4n) is 0.967. The molecule has 0 bridgehead atoms. The highest BCUT2D eigenvalue weighted by Crippen LogP contribution is 2.26. The number of halogens is 3. The van der Waals surface area contributed by atoms with Gasteiger partial charge >= 0.3 is 0 Å². The minimum atomic E-state index is -2.84. The van der Waals surface area contributed by atoms with Crippen LogP contribution in [0.5, 0.6) is 0 Å². The van der Waals surface area contributed by atoms with Crippen molar-refractivity contribution in [1.29, 1.82) is 5.26 Å². The smallest absolute Gasteiger partial charge is 0.263 e. The Bertz CT molecular complexity index is 344. The summed E-state index contributed by atoms with van der Waals surface area (Å²) < 4.78 is 36.8. The summed E-state index contributed by atoms with van der Waals surface area (Å²) in [5.74, 6) is 0. The van der Waals surface area contributed by atoms with Gasteiger partial charge in [-0.15, -0.1) is 0 Å². The van der Waals surface area contributed by atoms with Crippen LogP contribution in [-0.4, -0.2) is 4.98 Å². The van der Waals surface area contributed by atoms with Crippen molar-refractivity contribution in [2.75, 3.05) is 0 Å². The van der Waals surface area contributed by atoms with Crippen LogP contribution in [0.15, 0.2) is 12.4 Å². The van der Waals surface area contributed by atoms with Gasteiger partial charge in [-0.3, -0.25) is 4.98 Å². The average Bonchev–Trinajstić information content (AvgIpc) is 2.16. The molecule has 68 valence electrons. The predicted octanol–water partition coefficient (Wildman–Crippen LogP) is 2.36. The normalized spacial score (nSPS) is 10.1. The topological polar surface area (TPSA) is 36.7 Å². The van der Waals surface area contributed by atoms with Crippen LogP contribution in [0.25, 0.3) is 0 Å². The molecule has 13 heavy (non-hydrogen) atoms. The summed E-state index contributed by atoms with van der Waals surface area (Å²) in [6.45, 7) is -1.04. The maximum absolute atomic E-state index is 12.3. The van der Waals surface area contributed by atoms with E-state index in [2.05, 4.69) is 4.98 Å². The quantitative estimate of drug-likeness (QED) is 0.710. The third-order valence-corrected chi connectivity index (χ3v) is 1.55. The molecule has 0 aromatic carbocycles. The van der Waals surface area contributed by atoms with Crippen LogP contribution in [-0.2, 0) is 6.67 Å². The molecular weight excluding hydrogens is 181 g/mol. The van der Waals surface area contributed by atoms with Crippen molar-refractivity contribution in [2.24, 2.45) is 0 Å². The molecule has 1 heterocycles. The molecule has 1 rings (SSSR count). The largest absolute Gasteiger partial charge is 0.265 e. The highest BCUT2D eigenvalue weighted by Gasteiger charge is 2.17. The van der Waals surface area contributed by atoms with Crippen LogP contribution in [0.3, 0.4) is 0 Å². The zero-order chi connectivity index (χ0) is 9.84. The van der Waals surface area contributed by atoms with Gasteiger partial charge in [0.15, 0.2) is 0 Å². The van der Waals surface area contributed by atoms with E-state index in [0.29, 0.717) is 0 Å². The lowest BCUT2D eigenvalue weighted by atomic mass is 10.1. The third kappa shape index (κ3) is 1.78. The lowest BCUT2D eigenvalue weighted by molar-refractivity contribution is 0.149. The molecule has 1 aromatic rings. The van der Waals surface area contributed by atoms with Crippen molar-refractivity contribution < 1.29 is 13.2 Å². The van der Waals surface area contributed by atoms with Crippen LogP contribution in [0.4, 0.5) is 13.2 Å². The molecule has 0 radical (unpaired) electrons. The first kappa shape index (κ1) is 9.52. The monoisotopic (exact) mass is 186 g/mol. The Morgan fingerprint density at radius 3 is 2.62 bits per heavy atom. The fourth-order valence-corrected chi connectivity index (χ4v) is 0.967. The van der Waals surface area contributed by atoms with Gasteiger partial charge in [-0.05, 0) is 0 Å². The highest BCUT2D eigenvalue weighted by molar-refractivity contribution is 5.40. The molecule has 0 unspecified atom stereocenters. The Kier molecular flexibility index (Phi) is 2.85. The Balaban J connectivity index is 3.32. The molecule has 2 nitrogen and oxygen atoms in total. The number of nitrogens with zero attached hydrogens (tertiary/aromatic N) is 2. The molecule has 0 amide bonds. The Morgan fingerprint density at radius 2 is 2.15 bits per heavy atom. The first-order chi connectivity index (χ1) is 6.20. The molecule has 5 heteroatoms. The van der Waals surface area contributed by atoms with E-state index < -0.39 is 18.7 Å². The van der Waals surface area contributed by atoms with E-state index in [0.717, 1.165) is 12.4 Å². The Morgan fingerprint density at radius 1 is 1.46 bits per heavy atom. The lowest BCUT2D eigenvalue weighted by Crippen LogP contribution is -1.98. The number of alkyl halides is 3. The van der Waals surface area contributed by atoms with Crippen molar-refractivity contribution in [1.82, 2.24) is 4.98 Å². The molecule has 0 fully saturated rings. The minimum Gasteiger partial charge on any atom is -0.263 e. The highest BCUT2D eigenvalue weighted by atomic mass is 19.3. The Hall–Kier alpha value is -1.57. The number of pyridine rings is 1. The van der Waals surface area contributed by atoms with Gasteiger partial charge in [0.05, 0.1) is 5.56 Å². The van der Waals surface area contributed by atoms with Crippen LogP contribution in [0.1, 0.15) is 23.1 Å². The molecule has 0 aliphatic carbocycles. The molecule has 0 spiro atoms. The molecule has 1 aromatic heterocycles. The van der Waals surface area contributed by atoms with Gasteiger partial charge in [0.2, 0.25) is 0 Å². The predicted molar refractivity (Wildman–Crippen MR) is 38.7 cm³/mol. The molecular formula is C8H5F3N2. The number of nitriles is 1. The van der Waals surface area contributed by atoms with Crippen LogP contribution in [0.2, 0.25) is 0 Å². The van der Waals surface area contributed by atoms with Gasteiger partial charge in [0, 0.05) is 23.5 Å². The number of hydrogen-bond acceptors (Lipinski definition) is 2. The van der Waals surface area contributed by atoms with Gasteiger partial charge in [-0.25, -0.2) is 13.2 Å². The zero-order valence-corrected chi connectivity index (χ0v) is 6.47. The number of hydrogen-bond donors (Lipinski definition) is 0. The first-order valence-electron chi connectivity index (χ1n) is 3.41. The summed E-state index contributed by atoms with van der Waals surface area (Å²) in [5.41, 5.74) is -1.06. The van der Waals surface area contributed by atoms with Crippen molar-refractivity contribution in [3.63, 3.8) is 0 Å². The third-order valence-electron chi connectivity index (χ3n) is 1.55. The summed E-state index contributed by atoms with van der Waals surface area (Å²) in [7, 11) is 0. The molecule has 0 aliphatic heterocycles. The van der Waals surface area contributed by atoms with Crippen molar-refractivity contribution >= 4 is 0 Å². The SMILES string of the molecule is N#Cc1cncc(CF)c1C(F)F. The van der Waals surface area contributed by atoms with Crippen molar-refractivity contribution in [2.45, 2.75) is 13.1 Å². The van der Waals surface area contributed by atoms with Crippen LogP contribution in [0, 0.1) is 11.3 Å². The Labute approximate surface area is 72.6 Å². The van der Waals surface area contributed by atoms with E-state index in [1.54, 1.807) is 6.07 Å². The van der Waals surface area contributed by atoms with E-state index in [1.807, 2.05) is 0 Å². The van der Waals surface area contributed by atoms with Gasteiger partial charge in [0.1, 0.15) is 12.7 Å². The van der Waals surface area contributed by atoms with Crippen LogP contribution >= 0.6 is 0 Å². The van der Waals surface area contributed by atoms with E-state index in [4.69, 9.17) is 5.26 Å². The van der Waals surface area contributed by atoms with Gasteiger partial charge in [0.25, 0.3) is 6.43 Å². The summed E-state index contributed by atoms with van der Waals surface area (Å²) in [6, 6.07) is 1.54. The lowest BCUT2D eigenvalue weighted by Gasteiger charge is -2.05. The minimum absolute atomic E-state index is 0.228. The number of rotatable bonds is 2. The van der Waals surface area contributed by atoms with E-state index in [9.17, 15) is 13.2 Å². The average molecular weight is 186 g/mol. The first-order valence-corrected chi connectivity index (χ1v) is 3.41. The zero-order valence-electron chi connectivity index (χ0n) is 6.47. The van der Waals surface area contributed by atoms with E-state index in [-0.39, 0.29) is 11.1 Å². The standard InChI is InChI=1S/C8H5F3N2/c9-1-5-3-13-4-6(2-12)7(5)8(10)11/h3-4,8H,1H2. The van der Waals surface area contributed by atoms with Crippen molar-refractivity contribution in [3.05, 3.63) is 29.1 Å². The molecule has 0 N–H and O–H groups in total. The molecule has 0 atom stereocenters. The molecule has 0 saturated heterocycles. The maximum Gasteiger partial charge on any atom is 0.265 e. The number of aromatic nitrogens is 1. The molecule has 0 saturated carbocycles. The van der Waals surface area contributed by atoms with E-state index in [1.165, 1.54) is 0 Å². The van der Waals surface area contributed by atoms with Crippen molar-refractivity contribution in [3.8, 4) is 6.07 Å². The summed E-state index contributed by atoms with van der Waals surface area (Å²) >= 11 is 0. The summed E-state index contributed by atoms with van der Waals surface area (Å²) in [6.07, 6.45) is -0.841. The summed E-state index contributed by atoms with van der Waals surface area (Å²) in [5, 5.41) is 8.44. The second kappa shape index (κ2) is 3.90. The second-order valence-electron chi connectivity index (χ2n) is 2.31. The van der Waals surface area contributed by atoms with Gasteiger partial charge < -0.3 is 0 Å².